The molecule has 3 aromatic rings. The predicted molar refractivity (Wildman–Crippen MR) is 104 cm³/mol. The Morgan fingerprint density at radius 3 is 2.50 bits per heavy atom. The van der Waals surface area contributed by atoms with Gasteiger partial charge < -0.3 is 5.32 Å². The zero-order chi connectivity index (χ0) is 20.3. The Morgan fingerprint density at radius 2 is 1.86 bits per heavy atom. The summed E-state index contributed by atoms with van der Waals surface area (Å²) in [6.07, 6.45) is -4.30. The van der Waals surface area contributed by atoms with Gasteiger partial charge in [0.1, 0.15) is 5.01 Å². The van der Waals surface area contributed by atoms with E-state index >= 15 is 0 Å². The molecule has 0 aliphatic rings. The van der Waals surface area contributed by atoms with Crippen LogP contribution in [-0.2, 0) is 17.4 Å². The average Bonchev–Trinajstić information content (AvgIpc) is 3.09. The van der Waals surface area contributed by atoms with Gasteiger partial charge in [-0.1, -0.05) is 41.9 Å². The van der Waals surface area contributed by atoms with Gasteiger partial charge in [-0.3, -0.25) is 4.79 Å². The number of amides is 1. The number of halogens is 4. The van der Waals surface area contributed by atoms with Crippen molar-refractivity contribution in [2.45, 2.75) is 25.6 Å². The molecule has 146 valence electrons. The van der Waals surface area contributed by atoms with Gasteiger partial charge in [0.25, 0.3) is 0 Å². The topological polar surface area (TPSA) is 42.0 Å². The molecule has 1 atom stereocenters. The van der Waals surface area contributed by atoms with Crippen LogP contribution in [0.25, 0.3) is 10.6 Å². The van der Waals surface area contributed by atoms with Crippen LogP contribution in [0.2, 0.25) is 5.02 Å². The summed E-state index contributed by atoms with van der Waals surface area (Å²) in [5.74, 6) is -0.261. The zero-order valence-electron chi connectivity index (χ0n) is 14.8. The third-order valence-electron chi connectivity index (χ3n) is 4.11. The van der Waals surface area contributed by atoms with Crippen LogP contribution in [-0.4, -0.2) is 10.9 Å². The second-order valence-electron chi connectivity index (χ2n) is 6.21. The van der Waals surface area contributed by atoms with Crippen LogP contribution in [0.5, 0.6) is 0 Å². The Kier molecular flexibility index (Phi) is 6.05. The molecule has 0 unspecified atom stereocenters. The van der Waals surface area contributed by atoms with Crippen molar-refractivity contribution in [3.63, 3.8) is 0 Å². The number of nitrogens with zero attached hydrogens (tertiary/aromatic N) is 1. The second kappa shape index (κ2) is 8.32. The first-order valence-corrected chi connectivity index (χ1v) is 9.65. The van der Waals surface area contributed by atoms with Crippen LogP contribution in [0, 0.1) is 0 Å². The maximum absolute atomic E-state index is 12.6. The quantitative estimate of drug-likeness (QED) is 0.553. The van der Waals surface area contributed by atoms with Gasteiger partial charge in [0.2, 0.25) is 5.91 Å². The lowest BCUT2D eigenvalue weighted by molar-refractivity contribution is -0.137. The van der Waals surface area contributed by atoms with Crippen LogP contribution in [0.3, 0.4) is 0 Å². The summed E-state index contributed by atoms with van der Waals surface area (Å²) in [5, 5.41) is 5.89. The van der Waals surface area contributed by atoms with Crippen molar-refractivity contribution in [3.05, 3.63) is 75.8 Å². The van der Waals surface area contributed by atoms with Crippen LogP contribution in [0.4, 0.5) is 13.2 Å². The highest BCUT2D eigenvalue weighted by atomic mass is 35.5. The van der Waals surface area contributed by atoms with Crippen LogP contribution in [0.1, 0.15) is 29.8 Å². The van der Waals surface area contributed by atoms with Crippen molar-refractivity contribution < 1.29 is 18.0 Å². The third kappa shape index (κ3) is 4.91. The van der Waals surface area contributed by atoms with E-state index in [0.717, 1.165) is 22.7 Å². The van der Waals surface area contributed by atoms with Gasteiger partial charge in [-0.05, 0) is 30.7 Å². The van der Waals surface area contributed by atoms with Gasteiger partial charge in [0.15, 0.2) is 0 Å². The highest BCUT2D eigenvalue weighted by Gasteiger charge is 2.30. The van der Waals surface area contributed by atoms with E-state index in [1.165, 1.54) is 23.5 Å². The summed E-state index contributed by atoms with van der Waals surface area (Å²) in [7, 11) is 0. The summed E-state index contributed by atoms with van der Waals surface area (Å²) >= 11 is 7.56. The molecule has 0 aliphatic carbocycles. The molecule has 1 aromatic heterocycles. The number of rotatable bonds is 5. The number of alkyl halides is 3. The Morgan fingerprint density at radius 1 is 1.18 bits per heavy atom. The molecular weight excluding hydrogens is 409 g/mol. The van der Waals surface area contributed by atoms with E-state index in [1.54, 1.807) is 18.4 Å². The molecule has 28 heavy (non-hydrogen) atoms. The summed E-state index contributed by atoms with van der Waals surface area (Å²) in [6.45, 7) is 1.72. The fourth-order valence-electron chi connectivity index (χ4n) is 2.65. The molecule has 0 spiro atoms. The minimum absolute atomic E-state index is 0.0753. The maximum atomic E-state index is 12.6. The Bertz CT molecular complexity index is 970. The molecule has 8 heteroatoms. The maximum Gasteiger partial charge on any atom is 0.416 e. The minimum atomic E-state index is -4.38. The highest BCUT2D eigenvalue weighted by molar-refractivity contribution is 7.13. The van der Waals surface area contributed by atoms with Gasteiger partial charge in [0, 0.05) is 10.9 Å². The highest BCUT2D eigenvalue weighted by Crippen LogP contribution is 2.31. The van der Waals surface area contributed by atoms with Crippen molar-refractivity contribution >= 4 is 28.8 Å². The SMILES string of the molecule is C[C@H](NC(=O)Cc1csc(-c2ccccc2Cl)n1)c1ccc(C(F)(F)F)cc1. The molecule has 0 aliphatic heterocycles. The lowest BCUT2D eigenvalue weighted by atomic mass is 10.1. The fraction of sp³-hybridized carbons (Fsp3) is 0.200. The van der Waals surface area contributed by atoms with Crippen molar-refractivity contribution in [3.8, 4) is 10.6 Å². The van der Waals surface area contributed by atoms with Gasteiger partial charge >= 0.3 is 6.18 Å². The lowest BCUT2D eigenvalue weighted by Gasteiger charge is -2.15. The number of hydrogen-bond acceptors (Lipinski definition) is 3. The first-order chi connectivity index (χ1) is 13.2. The van der Waals surface area contributed by atoms with E-state index in [1.807, 2.05) is 18.2 Å². The number of carbonyl (C=O) groups is 1. The molecule has 0 saturated heterocycles. The first kappa shape index (κ1) is 20.4. The van der Waals surface area contributed by atoms with Gasteiger partial charge in [-0.15, -0.1) is 11.3 Å². The largest absolute Gasteiger partial charge is 0.416 e. The monoisotopic (exact) mass is 424 g/mol. The molecule has 0 radical (unpaired) electrons. The Balaban J connectivity index is 1.62. The summed E-state index contributed by atoms with van der Waals surface area (Å²) in [4.78, 5) is 16.7. The molecule has 1 amide bonds. The molecule has 3 rings (SSSR count). The van der Waals surface area contributed by atoms with Gasteiger partial charge in [0.05, 0.1) is 28.7 Å². The van der Waals surface area contributed by atoms with Crippen molar-refractivity contribution in [1.29, 1.82) is 0 Å². The molecule has 0 saturated carbocycles. The van der Waals surface area contributed by atoms with E-state index in [9.17, 15) is 18.0 Å². The van der Waals surface area contributed by atoms with E-state index in [-0.39, 0.29) is 12.3 Å². The lowest BCUT2D eigenvalue weighted by Crippen LogP contribution is -2.28. The van der Waals surface area contributed by atoms with Crippen molar-refractivity contribution in [2.24, 2.45) is 0 Å². The van der Waals surface area contributed by atoms with Crippen molar-refractivity contribution in [1.82, 2.24) is 10.3 Å². The second-order valence-corrected chi connectivity index (χ2v) is 7.47. The van der Waals surface area contributed by atoms with E-state index in [0.29, 0.717) is 16.3 Å². The first-order valence-electron chi connectivity index (χ1n) is 8.40. The summed E-state index contributed by atoms with van der Waals surface area (Å²) < 4.78 is 37.9. The van der Waals surface area contributed by atoms with Crippen LogP contribution in [0.15, 0.2) is 53.9 Å². The van der Waals surface area contributed by atoms with Gasteiger partial charge in [-0.25, -0.2) is 4.98 Å². The Hall–Kier alpha value is -2.38. The minimum Gasteiger partial charge on any atom is -0.349 e. The predicted octanol–water partition coefficient (Wildman–Crippen LogP) is 5.90. The third-order valence-corrected chi connectivity index (χ3v) is 5.37. The molecule has 0 fully saturated rings. The summed E-state index contributed by atoms with van der Waals surface area (Å²) in [5.41, 5.74) is 1.29. The molecular formula is C20H16ClF3N2OS. The molecule has 3 nitrogen and oxygen atoms in total. The molecule has 2 aromatic carbocycles. The number of hydrogen-bond donors (Lipinski definition) is 1. The number of aromatic nitrogens is 1. The fourth-order valence-corrected chi connectivity index (χ4v) is 3.79. The molecule has 1 N–H and O–H groups in total. The van der Waals surface area contributed by atoms with E-state index in [2.05, 4.69) is 10.3 Å². The Labute approximate surface area is 169 Å². The normalized spacial score (nSPS) is 12.6. The van der Waals surface area contributed by atoms with E-state index in [4.69, 9.17) is 11.6 Å². The standard InChI is InChI=1S/C20H16ClF3N2OS/c1-12(13-6-8-14(9-7-13)20(22,23)24)25-18(27)10-15-11-28-19(26-15)16-4-2-3-5-17(16)21/h2-9,11-12H,10H2,1H3,(H,25,27)/t12-/m0/s1. The molecule has 1 heterocycles. The van der Waals surface area contributed by atoms with Crippen LogP contribution >= 0.6 is 22.9 Å². The van der Waals surface area contributed by atoms with Crippen molar-refractivity contribution in [2.75, 3.05) is 0 Å². The van der Waals surface area contributed by atoms with Gasteiger partial charge in [-0.2, -0.15) is 13.2 Å². The number of nitrogens with one attached hydrogen (secondary N) is 1. The summed E-state index contributed by atoms with van der Waals surface area (Å²) in [6, 6.07) is 11.7. The number of carbonyl (C=O) groups excluding carboxylic acids is 1. The van der Waals surface area contributed by atoms with E-state index < -0.39 is 17.8 Å². The number of benzene rings is 2. The smallest absolute Gasteiger partial charge is 0.349 e. The zero-order valence-corrected chi connectivity index (χ0v) is 16.3. The number of thiazole rings is 1. The van der Waals surface area contributed by atoms with Crippen LogP contribution < -0.4 is 5.32 Å². The molecule has 0 bridgehead atoms. The average molecular weight is 425 g/mol.